The highest BCUT2D eigenvalue weighted by Crippen LogP contribution is 2.32. The van der Waals surface area contributed by atoms with Crippen LogP contribution in [0.5, 0.6) is 0 Å². The lowest BCUT2D eigenvalue weighted by Gasteiger charge is -2.16. The zero-order chi connectivity index (χ0) is 20.7. The van der Waals surface area contributed by atoms with Crippen LogP contribution >= 0.6 is 0 Å². The van der Waals surface area contributed by atoms with Gasteiger partial charge in [0.2, 0.25) is 0 Å². The van der Waals surface area contributed by atoms with Crippen molar-refractivity contribution in [2.75, 3.05) is 11.9 Å². The Kier molecular flexibility index (Phi) is 5.08. The van der Waals surface area contributed by atoms with Gasteiger partial charge in [-0.05, 0) is 6.07 Å². The van der Waals surface area contributed by atoms with E-state index in [2.05, 4.69) is 20.3 Å². The zero-order valence-electron chi connectivity index (χ0n) is 14.7. The minimum atomic E-state index is -1.33. The van der Waals surface area contributed by atoms with E-state index in [-0.39, 0.29) is 29.1 Å². The van der Waals surface area contributed by atoms with E-state index in [1.165, 1.54) is 17.2 Å². The summed E-state index contributed by atoms with van der Waals surface area (Å²) < 4.78 is 47.1. The van der Waals surface area contributed by atoms with Gasteiger partial charge in [-0.3, -0.25) is 4.57 Å². The predicted molar refractivity (Wildman–Crippen MR) is 92.0 cm³/mol. The maximum absolute atomic E-state index is 13.8. The van der Waals surface area contributed by atoms with Gasteiger partial charge >= 0.3 is 0 Å². The lowest BCUT2D eigenvalue weighted by Crippen LogP contribution is -2.33. The van der Waals surface area contributed by atoms with Crippen molar-refractivity contribution >= 4 is 17.0 Å². The van der Waals surface area contributed by atoms with Crippen LogP contribution in [-0.4, -0.2) is 59.8 Å². The van der Waals surface area contributed by atoms with Gasteiger partial charge in [0, 0.05) is 18.2 Å². The summed E-state index contributed by atoms with van der Waals surface area (Å²) in [5.41, 5.74) is 0.370. The van der Waals surface area contributed by atoms with Crippen LogP contribution in [0.3, 0.4) is 0 Å². The Bertz CT molecular complexity index is 1050. The van der Waals surface area contributed by atoms with Gasteiger partial charge in [-0.25, -0.2) is 28.1 Å². The first kappa shape index (κ1) is 19.5. The number of ether oxygens (including phenoxy) is 1. The molecule has 9 nitrogen and oxygen atoms in total. The molecule has 4 N–H and O–H groups in total. The number of rotatable bonds is 5. The fraction of sp³-hybridized carbons (Fsp3) is 0.353. The normalized spacial score (nSPS) is 24.3. The van der Waals surface area contributed by atoms with E-state index in [1.807, 2.05) is 0 Å². The highest BCUT2D eigenvalue weighted by atomic mass is 19.2. The summed E-state index contributed by atoms with van der Waals surface area (Å²) in [6.45, 7) is -0.682. The van der Waals surface area contributed by atoms with Crippen LogP contribution in [0.25, 0.3) is 11.2 Å². The molecule has 1 aliphatic heterocycles. The Morgan fingerprint density at radius 1 is 1.03 bits per heavy atom. The molecule has 0 spiro atoms. The first-order valence-corrected chi connectivity index (χ1v) is 8.58. The summed E-state index contributed by atoms with van der Waals surface area (Å²) in [5.74, 6) is -3.19. The smallest absolute Gasteiger partial charge is 0.167 e. The first-order valence-electron chi connectivity index (χ1n) is 8.58. The second-order valence-electron chi connectivity index (χ2n) is 6.49. The molecule has 4 rings (SSSR count). The molecule has 12 heteroatoms. The van der Waals surface area contributed by atoms with E-state index in [0.717, 1.165) is 6.07 Å². The topological polar surface area (TPSA) is 126 Å². The van der Waals surface area contributed by atoms with Gasteiger partial charge in [0.05, 0.1) is 12.9 Å². The summed E-state index contributed by atoms with van der Waals surface area (Å²) in [7, 11) is 0. The lowest BCUT2D eigenvalue weighted by molar-refractivity contribution is -0.0511. The predicted octanol–water partition coefficient (Wildman–Crippen LogP) is 0.467. The van der Waals surface area contributed by atoms with Crippen LogP contribution in [-0.2, 0) is 11.3 Å². The van der Waals surface area contributed by atoms with Crippen LogP contribution < -0.4 is 5.32 Å². The molecule has 0 bridgehead atoms. The summed E-state index contributed by atoms with van der Waals surface area (Å²) in [6, 6.07) is 1.20. The Morgan fingerprint density at radius 3 is 2.52 bits per heavy atom. The fourth-order valence-electron chi connectivity index (χ4n) is 3.16. The molecule has 0 amide bonds. The molecular weight excluding hydrogens is 395 g/mol. The molecule has 0 saturated carbocycles. The van der Waals surface area contributed by atoms with E-state index in [9.17, 15) is 28.5 Å². The molecule has 1 aliphatic rings. The minimum Gasteiger partial charge on any atom is -0.394 e. The molecule has 2 aromatic heterocycles. The zero-order valence-corrected chi connectivity index (χ0v) is 14.7. The van der Waals surface area contributed by atoms with Crippen LogP contribution in [0.15, 0.2) is 24.8 Å². The number of hydrogen-bond donors (Lipinski definition) is 4. The molecule has 0 unspecified atom stereocenters. The van der Waals surface area contributed by atoms with Crippen molar-refractivity contribution in [3.63, 3.8) is 0 Å². The Labute approximate surface area is 161 Å². The number of benzene rings is 1. The molecule has 154 valence electrons. The summed E-state index contributed by atoms with van der Waals surface area (Å²) in [4.78, 5) is 12.3. The van der Waals surface area contributed by atoms with Crippen molar-refractivity contribution in [1.82, 2.24) is 19.5 Å². The number of halogens is 3. The second kappa shape index (κ2) is 7.55. The van der Waals surface area contributed by atoms with Crippen LogP contribution in [0, 0.1) is 17.5 Å². The third-order valence-electron chi connectivity index (χ3n) is 4.69. The van der Waals surface area contributed by atoms with Crippen LogP contribution in [0.1, 0.15) is 11.8 Å². The third-order valence-corrected chi connectivity index (χ3v) is 4.69. The van der Waals surface area contributed by atoms with E-state index in [0.29, 0.717) is 6.07 Å². The van der Waals surface area contributed by atoms with Gasteiger partial charge in [0.25, 0.3) is 0 Å². The van der Waals surface area contributed by atoms with Gasteiger partial charge in [-0.15, -0.1) is 0 Å². The van der Waals surface area contributed by atoms with Crippen molar-refractivity contribution in [3.05, 3.63) is 47.8 Å². The van der Waals surface area contributed by atoms with Crippen molar-refractivity contribution < 1.29 is 33.2 Å². The number of aromatic nitrogens is 4. The summed E-state index contributed by atoms with van der Waals surface area (Å²) in [6.07, 6.45) is -2.14. The number of aliphatic hydroxyl groups is 3. The van der Waals surface area contributed by atoms with E-state index in [1.54, 1.807) is 0 Å². The Hall–Kier alpha value is -2.80. The number of hydrogen-bond acceptors (Lipinski definition) is 8. The third kappa shape index (κ3) is 3.40. The van der Waals surface area contributed by atoms with Crippen molar-refractivity contribution in [2.45, 2.75) is 31.1 Å². The summed E-state index contributed by atoms with van der Waals surface area (Å²) >= 11 is 0. The van der Waals surface area contributed by atoms with Crippen molar-refractivity contribution in [2.24, 2.45) is 0 Å². The fourth-order valence-corrected chi connectivity index (χ4v) is 3.16. The van der Waals surface area contributed by atoms with Crippen LogP contribution in [0.2, 0.25) is 0 Å². The Balaban J connectivity index is 1.61. The molecule has 3 heterocycles. The van der Waals surface area contributed by atoms with E-state index < -0.39 is 48.6 Å². The standard InChI is InChI=1S/C17H16F3N5O4/c18-8-2-10(20)9(19)1-7(8)3-21-15-12-16(23-5-22-15)25(6-24-12)17-14(28)13(27)11(4-26)29-17/h1-2,5-6,11,13-14,17,26-28H,3-4H2,(H,21,22,23)/t11-,13-,14-,17-/m1/s1. The quantitative estimate of drug-likeness (QED) is 0.447. The minimum absolute atomic E-state index is 0.112. The number of nitrogens with zero attached hydrogens (tertiary/aromatic N) is 4. The molecular formula is C17H16F3N5O4. The highest BCUT2D eigenvalue weighted by molar-refractivity contribution is 5.82. The molecule has 1 aromatic carbocycles. The molecule has 1 saturated heterocycles. The van der Waals surface area contributed by atoms with Crippen LogP contribution in [0.4, 0.5) is 19.0 Å². The van der Waals surface area contributed by atoms with Crippen molar-refractivity contribution in [1.29, 1.82) is 0 Å². The number of imidazole rings is 1. The van der Waals surface area contributed by atoms with Gasteiger partial charge in [-0.1, -0.05) is 0 Å². The summed E-state index contributed by atoms with van der Waals surface area (Å²) in [5, 5.41) is 32.1. The molecule has 0 radical (unpaired) electrons. The average Bonchev–Trinajstić information content (AvgIpc) is 3.25. The van der Waals surface area contributed by atoms with Gasteiger partial charge in [0.15, 0.2) is 34.8 Å². The lowest BCUT2D eigenvalue weighted by atomic mass is 10.1. The van der Waals surface area contributed by atoms with Gasteiger partial charge in [-0.2, -0.15) is 0 Å². The Morgan fingerprint density at radius 2 is 1.79 bits per heavy atom. The molecule has 1 fully saturated rings. The molecule has 4 atom stereocenters. The number of fused-ring (bicyclic) bond motifs is 1. The van der Waals surface area contributed by atoms with Gasteiger partial charge < -0.3 is 25.4 Å². The second-order valence-corrected chi connectivity index (χ2v) is 6.49. The number of anilines is 1. The number of nitrogens with one attached hydrogen (secondary N) is 1. The van der Waals surface area contributed by atoms with E-state index in [4.69, 9.17) is 4.74 Å². The van der Waals surface area contributed by atoms with E-state index >= 15 is 0 Å². The maximum atomic E-state index is 13.8. The average molecular weight is 411 g/mol. The highest BCUT2D eigenvalue weighted by Gasteiger charge is 2.44. The van der Waals surface area contributed by atoms with Gasteiger partial charge in [0.1, 0.15) is 30.5 Å². The first-order chi connectivity index (χ1) is 13.9. The molecule has 0 aliphatic carbocycles. The largest absolute Gasteiger partial charge is 0.394 e. The molecule has 3 aromatic rings. The van der Waals surface area contributed by atoms with Crippen molar-refractivity contribution in [3.8, 4) is 0 Å². The molecule has 29 heavy (non-hydrogen) atoms. The monoisotopic (exact) mass is 411 g/mol. The SMILES string of the molecule is OC[C@H]1O[C@@H](n2cnc3c(NCc4cc(F)c(F)cc4F)ncnc32)[C@H](O)[C@@H]1O. The number of aliphatic hydroxyl groups excluding tert-OH is 3. The maximum Gasteiger partial charge on any atom is 0.167 e.